The Labute approximate surface area is 124 Å². The van der Waals surface area contributed by atoms with Gasteiger partial charge in [-0.2, -0.15) is 0 Å². The maximum Gasteiger partial charge on any atom is 0.273 e. The fourth-order valence-corrected chi connectivity index (χ4v) is 3.21. The van der Waals surface area contributed by atoms with Gasteiger partial charge in [-0.15, -0.1) is 0 Å². The third-order valence-electron chi connectivity index (χ3n) is 4.39. The molecular formula is C15H21N3O3. The summed E-state index contributed by atoms with van der Waals surface area (Å²) in [6, 6.07) is 6.46. The van der Waals surface area contributed by atoms with Gasteiger partial charge in [0, 0.05) is 30.7 Å². The van der Waals surface area contributed by atoms with Crippen molar-refractivity contribution >= 4 is 11.4 Å². The fraction of sp³-hybridized carbons (Fsp3) is 0.600. The number of hydrogen-bond acceptors (Lipinski definition) is 5. The number of anilines is 1. The van der Waals surface area contributed by atoms with Crippen LogP contribution in [0.5, 0.6) is 5.75 Å². The van der Waals surface area contributed by atoms with E-state index in [1.165, 1.54) is 32.1 Å². The summed E-state index contributed by atoms with van der Waals surface area (Å²) in [6.07, 6.45) is 3.73. The number of methoxy groups -OCH3 is 1. The fourth-order valence-electron chi connectivity index (χ4n) is 3.21. The van der Waals surface area contributed by atoms with Gasteiger partial charge in [0.2, 0.25) is 0 Å². The molecule has 0 amide bonds. The molecule has 0 radical (unpaired) electrons. The molecule has 114 valence electrons. The van der Waals surface area contributed by atoms with Crippen molar-refractivity contribution in [1.82, 2.24) is 4.90 Å². The Morgan fingerprint density at radius 3 is 2.81 bits per heavy atom. The van der Waals surface area contributed by atoms with Crippen molar-refractivity contribution in [3.05, 3.63) is 28.3 Å². The van der Waals surface area contributed by atoms with Gasteiger partial charge in [-0.25, -0.2) is 0 Å². The maximum atomic E-state index is 10.8. The van der Waals surface area contributed by atoms with Crippen LogP contribution >= 0.6 is 0 Å². The van der Waals surface area contributed by atoms with Gasteiger partial charge in [0.15, 0.2) is 0 Å². The zero-order chi connectivity index (χ0) is 15.0. The number of benzene rings is 1. The Kier molecular flexibility index (Phi) is 3.71. The van der Waals surface area contributed by atoms with E-state index in [4.69, 9.17) is 4.74 Å². The molecule has 1 aliphatic heterocycles. The third kappa shape index (κ3) is 2.95. The lowest BCUT2D eigenvalue weighted by Gasteiger charge is -2.20. The molecule has 1 N–H and O–H groups in total. The van der Waals surface area contributed by atoms with Crippen molar-refractivity contribution in [2.24, 2.45) is 0 Å². The first-order valence-corrected chi connectivity index (χ1v) is 7.43. The Hall–Kier alpha value is -1.82. The van der Waals surface area contributed by atoms with Crippen LogP contribution in [0.1, 0.15) is 26.2 Å². The largest absolute Gasteiger partial charge is 0.494 e. The normalized spacial score (nSPS) is 25.8. The average molecular weight is 291 g/mol. The highest BCUT2D eigenvalue weighted by Gasteiger charge is 2.38. The molecule has 6 heteroatoms. The van der Waals surface area contributed by atoms with E-state index < -0.39 is 4.92 Å². The number of likely N-dealkylation sites (tertiary alicyclic amines) is 1. The Morgan fingerprint density at radius 1 is 1.43 bits per heavy atom. The van der Waals surface area contributed by atoms with Crippen LogP contribution in [0.15, 0.2) is 18.2 Å². The summed E-state index contributed by atoms with van der Waals surface area (Å²) in [5.41, 5.74) is 0.884. The molecule has 6 nitrogen and oxygen atoms in total. The number of nitro benzene ring substituents is 1. The van der Waals surface area contributed by atoms with E-state index in [0.717, 1.165) is 24.7 Å². The predicted molar refractivity (Wildman–Crippen MR) is 80.9 cm³/mol. The number of nitro groups is 1. The number of non-ortho nitro benzene ring substituents is 1. The zero-order valence-electron chi connectivity index (χ0n) is 12.4. The number of hydrogen-bond donors (Lipinski definition) is 1. The van der Waals surface area contributed by atoms with Gasteiger partial charge < -0.3 is 10.1 Å². The highest BCUT2D eigenvalue weighted by Crippen LogP contribution is 2.36. The van der Waals surface area contributed by atoms with Crippen molar-refractivity contribution in [3.63, 3.8) is 0 Å². The summed E-state index contributed by atoms with van der Waals surface area (Å²) in [5.74, 6) is 0.529. The molecule has 2 atom stereocenters. The van der Waals surface area contributed by atoms with Gasteiger partial charge in [-0.1, -0.05) is 0 Å². The number of rotatable bonds is 5. The van der Waals surface area contributed by atoms with E-state index in [0.29, 0.717) is 17.8 Å². The molecule has 2 aliphatic rings. The van der Waals surface area contributed by atoms with Crippen LogP contribution in [-0.2, 0) is 0 Å². The quantitative estimate of drug-likeness (QED) is 0.667. The van der Waals surface area contributed by atoms with Gasteiger partial charge in [-0.05, 0) is 32.3 Å². The standard InChI is InChI=1S/C15H21N3O3/c1-10-7-11(9-17(10)12-3-4-12)16-14-6-5-13(18(19)20)8-15(14)21-2/h5-6,8,10-12,16H,3-4,7,9H2,1-2H3. The van der Waals surface area contributed by atoms with E-state index in [9.17, 15) is 10.1 Å². The van der Waals surface area contributed by atoms with Gasteiger partial charge in [0.25, 0.3) is 5.69 Å². The Bertz CT molecular complexity index is 545. The minimum absolute atomic E-state index is 0.0526. The predicted octanol–water partition coefficient (Wildman–Crippen LogP) is 2.64. The molecule has 1 aliphatic carbocycles. The molecule has 2 unspecified atom stereocenters. The van der Waals surface area contributed by atoms with Gasteiger partial charge >= 0.3 is 0 Å². The smallest absolute Gasteiger partial charge is 0.273 e. The lowest BCUT2D eigenvalue weighted by molar-refractivity contribution is -0.384. The monoisotopic (exact) mass is 291 g/mol. The third-order valence-corrected chi connectivity index (χ3v) is 4.39. The molecular weight excluding hydrogens is 270 g/mol. The van der Waals surface area contributed by atoms with Gasteiger partial charge in [0.05, 0.1) is 23.8 Å². The lowest BCUT2D eigenvalue weighted by Crippen LogP contribution is -2.31. The van der Waals surface area contributed by atoms with E-state index in [2.05, 4.69) is 17.1 Å². The lowest BCUT2D eigenvalue weighted by atomic mass is 10.1. The van der Waals surface area contributed by atoms with Crippen molar-refractivity contribution < 1.29 is 9.66 Å². The van der Waals surface area contributed by atoms with Crippen molar-refractivity contribution in [3.8, 4) is 5.75 Å². The molecule has 0 spiro atoms. The van der Waals surface area contributed by atoms with E-state index in [1.807, 2.05) is 0 Å². The Morgan fingerprint density at radius 2 is 2.19 bits per heavy atom. The molecule has 3 rings (SSSR count). The van der Waals surface area contributed by atoms with E-state index >= 15 is 0 Å². The minimum atomic E-state index is -0.404. The minimum Gasteiger partial charge on any atom is -0.494 e. The molecule has 1 heterocycles. The van der Waals surface area contributed by atoms with Crippen LogP contribution in [0.2, 0.25) is 0 Å². The molecule has 1 saturated carbocycles. The zero-order valence-corrected chi connectivity index (χ0v) is 12.4. The first kappa shape index (κ1) is 14.1. The van der Waals surface area contributed by atoms with Crippen LogP contribution in [0.3, 0.4) is 0 Å². The van der Waals surface area contributed by atoms with Crippen LogP contribution in [0.4, 0.5) is 11.4 Å². The second-order valence-corrected chi connectivity index (χ2v) is 6.00. The summed E-state index contributed by atoms with van der Waals surface area (Å²) in [7, 11) is 1.54. The molecule has 1 aromatic rings. The number of nitrogens with zero attached hydrogens (tertiary/aromatic N) is 2. The highest BCUT2D eigenvalue weighted by molar-refractivity contribution is 5.61. The van der Waals surface area contributed by atoms with Crippen LogP contribution in [0.25, 0.3) is 0 Å². The maximum absolute atomic E-state index is 10.8. The molecule has 21 heavy (non-hydrogen) atoms. The molecule has 1 aromatic carbocycles. The summed E-state index contributed by atoms with van der Waals surface area (Å²) in [6.45, 7) is 3.30. The second-order valence-electron chi connectivity index (χ2n) is 6.00. The molecule has 0 bridgehead atoms. The average Bonchev–Trinajstić information content (AvgIpc) is 3.23. The first-order chi connectivity index (χ1) is 10.1. The van der Waals surface area contributed by atoms with Crippen LogP contribution < -0.4 is 10.1 Å². The summed E-state index contributed by atoms with van der Waals surface area (Å²) in [5, 5.41) is 14.3. The van der Waals surface area contributed by atoms with Crippen LogP contribution in [-0.4, -0.2) is 41.6 Å². The highest BCUT2D eigenvalue weighted by atomic mass is 16.6. The molecule has 0 aromatic heterocycles. The van der Waals surface area contributed by atoms with E-state index in [-0.39, 0.29) is 5.69 Å². The van der Waals surface area contributed by atoms with Crippen molar-refractivity contribution in [2.75, 3.05) is 19.0 Å². The number of nitrogens with one attached hydrogen (secondary N) is 1. The molecule has 1 saturated heterocycles. The van der Waals surface area contributed by atoms with Crippen molar-refractivity contribution in [1.29, 1.82) is 0 Å². The second kappa shape index (κ2) is 5.52. The molecule has 2 fully saturated rings. The summed E-state index contributed by atoms with van der Waals surface area (Å²) in [4.78, 5) is 13.0. The topological polar surface area (TPSA) is 67.6 Å². The van der Waals surface area contributed by atoms with Gasteiger partial charge in [-0.3, -0.25) is 15.0 Å². The summed E-state index contributed by atoms with van der Waals surface area (Å²) < 4.78 is 5.28. The summed E-state index contributed by atoms with van der Waals surface area (Å²) >= 11 is 0. The SMILES string of the molecule is COc1cc([N+](=O)[O-])ccc1NC1CC(C)N(C2CC2)C1. The van der Waals surface area contributed by atoms with E-state index in [1.54, 1.807) is 6.07 Å². The van der Waals surface area contributed by atoms with Gasteiger partial charge in [0.1, 0.15) is 5.75 Å². The first-order valence-electron chi connectivity index (χ1n) is 7.43. The Balaban J connectivity index is 1.71. The van der Waals surface area contributed by atoms with Crippen molar-refractivity contribution in [2.45, 2.75) is 44.3 Å². The van der Waals surface area contributed by atoms with Crippen LogP contribution in [0, 0.1) is 10.1 Å². The number of ether oxygens (including phenoxy) is 1.